The second kappa shape index (κ2) is 9.08. The smallest absolute Gasteiger partial charge is 0.234 e. The molecule has 5 nitrogen and oxygen atoms in total. The van der Waals surface area contributed by atoms with E-state index in [1.54, 1.807) is 12.3 Å². The first-order chi connectivity index (χ1) is 12.2. The fourth-order valence-electron chi connectivity index (χ4n) is 2.61. The van der Waals surface area contributed by atoms with Gasteiger partial charge in [-0.3, -0.25) is 9.78 Å². The molecular formula is C18H20ClN3O2S. The van der Waals surface area contributed by atoms with E-state index >= 15 is 0 Å². The molecule has 0 saturated carbocycles. The number of nitrogens with zero attached hydrogens (tertiary/aromatic N) is 2. The number of aromatic nitrogens is 1. The minimum Gasteiger partial charge on any atom is -0.378 e. The summed E-state index contributed by atoms with van der Waals surface area (Å²) in [7, 11) is 0. The first-order valence-electron chi connectivity index (χ1n) is 8.12. The van der Waals surface area contributed by atoms with E-state index in [9.17, 15) is 4.79 Å². The maximum Gasteiger partial charge on any atom is 0.234 e. The SMILES string of the molecule is O=C(CSCc1ccccn1)Nc1cc(Cl)ccc1N1CCOCC1. The van der Waals surface area contributed by atoms with Gasteiger partial charge in [-0.1, -0.05) is 17.7 Å². The number of ether oxygens (including phenoxy) is 1. The van der Waals surface area contributed by atoms with Gasteiger partial charge >= 0.3 is 0 Å². The number of carbonyl (C=O) groups excluding carboxylic acids is 1. The number of hydrogen-bond acceptors (Lipinski definition) is 5. The van der Waals surface area contributed by atoms with E-state index in [1.807, 2.05) is 30.3 Å². The monoisotopic (exact) mass is 377 g/mol. The van der Waals surface area contributed by atoms with E-state index in [1.165, 1.54) is 11.8 Å². The summed E-state index contributed by atoms with van der Waals surface area (Å²) in [5, 5.41) is 3.59. The fourth-order valence-corrected chi connectivity index (χ4v) is 3.52. The quantitative estimate of drug-likeness (QED) is 0.835. The van der Waals surface area contributed by atoms with Gasteiger partial charge in [-0.2, -0.15) is 0 Å². The molecule has 1 aliphatic heterocycles. The number of rotatable bonds is 6. The zero-order valence-corrected chi connectivity index (χ0v) is 15.4. The van der Waals surface area contributed by atoms with Gasteiger partial charge in [0.1, 0.15) is 0 Å². The summed E-state index contributed by atoms with van der Waals surface area (Å²) in [4.78, 5) is 18.8. The molecule has 1 aromatic carbocycles. The second-order valence-corrected chi connectivity index (χ2v) is 7.04. The number of anilines is 2. The van der Waals surface area contributed by atoms with Crippen LogP contribution in [0, 0.1) is 0 Å². The van der Waals surface area contributed by atoms with Crippen LogP contribution in [0.4, 0.5) is 11.4 Å². The topological polar surface area (TPSA) is 54.5 Å². The van der Waals surface area contributed by atoms with Crippen molar-refractivity contribution in [1.29, 1.82) is 0 Å². The van der Waals surface area contributed by atoms with Crippen molar-refractivity contribution in [2.75, 3.05) is 42.3 Å². The number of halogens is 1. The number of hydrogen-bond donors (Lipinski definition) is 1. The first-order valence-corrected chi connectivity index (χ1v) is 9.65. The van der Waals surface area contributed by atoms with Crippen molar-refractivity contribution >= 4 is 40.6 Å². The molecule has 25 heavy (non-hydrogen) atoms. The van der Waals surface area contributed by atoms with Crippen molar-refractivity contribution < 1.29 is 9.53 Å². The highest BCUT2D eigenvalue weighted by molar-refractivity contribution is 7.99. The van der Waals surface area contributed by atoms with Crippen LogP contribution in [-0.4, -0.2) is 42.9 Å². The second-order valence-electron chi connectivity index (χ2n) is 5.62. The molecule has 0 bridgehead atoms. The molecule has 0 radical (unpaired) electrons. The molecule has 1 fully saturated rings. The van der Waals surface area contributed by atoms with Crippen LogP contribution in [-0.2, 0) is 15.3 Å². The summed E-state index contributed by atoms with van der Waals surface area (Å²) >= 11 is 7.65. The predicted octanol–water partition coefficient (Wildman–Crippen LogP) is 3.44. The van der Waals surface area contributed by atoms with Gasteiger partial charge in [0.15, 0.2) is 0 Å². The number of pyridine rings is 1. The average molecular weight is 378 g/mol. The van der Waals surface area contributed by atoms with Crippen molar-refractivity contribution in [2.45, 2.75) is 5.75 Å². The van der Waals surface area contributed by atoms with Gasteiger partial charge < -0.3 is 15.0 Å². The maximum atomic E-state index is 12.3. The molecule has 132 valence electrons. The highest BCUT2D eigenvalue weighted by Crippen LogP contribution is 2.30. The molecule has 1 aromatic heterocycles. The van der Waals surface area contributed by atoms with Gasteiger partial charge in [-0.15, -0.1) is 11.8 Å². The molecule has 0 unspecified atom stereocenters. The molecule has 1 saturated heterocycles. The third kappa shape index (κ3) is 5.36. The molecule has 7 heteroatoms. The summed E-state index contributed by atoms with van der Waals surface area (Å²) < 4.78 is 5.40. The lowest BCUT2D eigenvalue weighted by atomic mass is 10.2. The van der Waals surface area contributed by atoms with Crippen molar-refractivity contribution in [3.05, 3.63) is 53.3 Å². The van der Waals surface area contributed by atoms with Gasteiger partial charge in [0.2, 0.25) is 5.91 Å². The van der Waals surface area contributed by atoms with E-state index in [-0.39, 0.29) is 5.91 Å². The Kier molecular flexibility index (Phi) is 6.55. The van der Waals surface area contributed by atoms with Gasteiger partial charge in [-0.25, -0.2) is 0 Å². The number of morpholine rings is 1. The van der Waals surface area contributed by atoms with Gasteiger partial charge in [0.05, 0.1) is 36.0 Å². The zero-order valence-electron chi connectivity index (χ0n) is 13.8. The molecule has 1 N–H and O–H groups in total. The summed E-state index contributed by atoms with van der Waals surface area (Å²) in [5.74, 6) is 1.03. The summed E-state index contributed by atoms with van der Waals surface area (Å²) in [6.07, 6.45) is 1.76. The minimum atomic E-state index is -0.0438. The first kappa shape index (κ1) is 18.0. The van der Waals surface area contributed by atoms with Gasteiger partial charge in [0, 0.05) is 30.1 Å². The van der Waals surface area contributed by atoms with Crippen LogP contribution < -0.4 is 10.2 Å². The largest absolute Gasteiger partial charge is 0.378 e. The average Bonchev–Trinajstić information content (AvgIpc) is 2.63. The van der Waals surface area contributed by atoms with Crippen LogP contribution in [0.25, 0.3) is 0 Å². The van der Waals surface area contributed by atoms with Crippen molar-refractivity contribution in [1.82, 2.24) is 4.98 Å². The Hall–Kier alpha value is -1.76. The van der Waals surface area contributed by atoms with E-state index in [2.05, 4.69) is 15.2 Å². The molecule has 0 spiro atoms. The summed E-state index contributed by atoms with van der Waals surface area (Å²) in [6, 6.07) is 11.4. The highest BCUT2D eigenvalue weighted by atomic mass is 35.5. The number of benzene rings is 1. The Balaban J connectivity index is 1.59. The normalized spacial score (nSPS) is 14.4. The Morgan fingerprint density at radius 3 is 2.88 bits per heavy atom. The maximum absolute atomic E-state index is 12.3. The van der Waals surface area contributed by atoms with Gasteiger partial charge in [-0.05, 0) is 30.3 Å². The van der Waals surface area contributed by atoms with E-state index in [0.717, 1.165) is 30.2 Å². The third-order valence-electron chi connectivity index (χ3n) is 3.79. The number of carbonyl (C=O) groups is 1. The standard InChI is InChI=1S/C18H20ClN3O2S/c19-14-4-5-17(22-7-9-24-10-8-22)16(11-14)21-18(23)13-25-12-15-3-1-2-6-20-15/h1-6,11H,7-10,12-13H2,(H,21,23). The van der Waals surface area contributed by atoms with Crippen molar-refractivity contribution in [3.8, 4) is 0 Å². The molecule has 1 aliphatic rings. The molecule has 1 amide bonds. The van der Waals surface area contributed by atoms with Gasteiger partial charge in [0.25, 0.3) is 0 Å². The minimum absolute atomic E-state index is 0.0438. The molecular weight excluding hydrogens is 358 g/mol. The lowest BCUT2D eigenvalue weighted by molar-refractivity contribution is -0.113. The highest BCUT2D eigenvalue weighted by Gasteiger charge is 2.16. The molecule has 2 heterocycles. The lowest BCUT2D eigenvalue weighted by Gasteiger charge is -2.30. The Morgan fingerprint density at radius 1 is 1.28 bits per heavy atom. The molecule has 2 aromatic rings. The molecule has 3 rings (SSSR count). The third-order valence-corrected chi connectivity index (χ3v) is 5.00. The number of amides is 1. The Morgan fingerprint density at radius 2 is 2.12 bits per heavy atom. The molecule has 0 atom stereocenters. The Labute approximate surface area is 156 Å². The van der Waals surface area contributed by atoms with Crippen LogP contribution >= 0.6 is 23.4 Å². The van der Waals surface area contributed by atoms with Crippen LogP contribution in [0.5, 0.6) is 0 Å². The van der Waals surface area contributed by atoms with Crippen LogP contribution in [0.1, 0.15) is 5.69 Å². The molecule has 0 aliphatic carbocycles. The van der Waals surface area contributed by atoms with E-state index < -0.39 is 0 Å². The van der Waals surface area contributed by atoms with E-state index in [4.69, 9.17) is 16.3 Å². The lowest BCUT2D eigenvalue weighted by Crippen LogP contribution is -2.36. The zero-order chi connectivity index (χ0) is 17.5. The van der Waals surface area contributed by atoms with Crippen LogP contribution in [0.15, 0.2) is 42.6 Å². The number of nitrogens with one attached hydrogen (secondary N) is 1. The van der Waals surface area contributed by atoms with Crippen LogP contribution in [0.3, 0.4) is 0 Å². The van der Waals surface area contributed by atoms with Crippen molar-refractivity contribution in [2.24, 2.45) is 0 Å². The predicted molar refractivity (Wildman–Crippen MR) is 104 cm³/mol. The van der Waals surface area contributed by atoms with E-state index in [0.29, 0.717) is 29.7 Å². The van der Waals surface area contributed by atoms with Crippen LogP contribution in [0.2, 0.25) is 5.02 Å². The summed E-state index contributed by atoms with van der Waals surface area (Å²) in [5.41, 5.74) is 2.70. The Bertz CT molecular complexity index is 709. The van der Waals surface area contributed by atoms with Crippen molar-refractivity contribution in [3.63, 3.8) is 0 Å². The summed E-state index contributed by atoms with van der Waals surface area (Å²) in [6.45, 7) is 2.99. The fraction of sp³-hybridized carbons (Fsp3) is 0.333. The number of thioether (sulfide) groups is 1.